The predicted molar refractivity (Wildman–Crippen MR) is 91.6 cm³/mol. The van der Waals surface area contributed by atoms with Crippen LogP contribution in [-0.4, -0.2) is 19.0 Å². The molecule has 4 heteroatoms. The highest BCUT2D eigenvalue weighted by Crippen LogP contribution is 2.27. The molecule has 3 nitrogen and oxygen atoms in total. The van der Waals surface area contributed by atoms with Gasteiger partial charge in [-0.1, -0.05) is 22.9 Å². The van der Waals surface area contributed by atoms with Gasteiger partial charge in [0.1, 0.15) is 0 Å². The summed E-state index contributed by atoms with van der Waals surface area (Å²) in [7, 11) is 0. The predicted octanol–water partition coefficient (Wildman–Crippen LogP) is 4.03. The summed E-state index contributed by atoms with van der Waals surface area (Å²) in [4.78, 5) is 12.3. The maximum Gasteiger partial charge on any atom is 0.224 e. The molecular formula is C17H25BrN2O. The van der Waals surface area contributed by atoms with Crippen molar-refractivity contribution in [2.24, 2.45) is 11.8 Å². The highest BCUT2D eigenvalue weighted by atomic mass is 79.9. The van der Waals surface area contributed by atoms with E-state index >= 15 is 0 Å². The van der Waals surface area contributed by atoms with Crippen molar-refractivity contribution in [1.29, 1.82) is 0 Å². The van der Waals surface area contributed by atoms with E-state index in [-0.39, 0.29) is 5.91 Å². The lowest BCUT2D eigenvalue weighted by atomic mass is 9.85. The minimum absolute atomic E-state index is 0.126. The molecule has 2 rings (SSSR count). The van der Waals surface area contributed by atoms with E-state index in [1.54, 1.807) is 0 Å². The fourth-order valence-electron chi connectivity index (χ4n) is 3.12. The average Bonchev–Trinajstić information content (AvgIpc) is 2.43. The molecule has 0 spiro atoms. The molecule has 21 heavy (non-hydrogen) atoms. The fourth-order valence-corrected chi connectivity index (χ4v) is 3.81. The SMILES string of the molecule is Cc1cc(Br)cc(C)c1NC(=O)CC(C)C1CCCNC1. The third-order valence-corrected chi connectivity index (χ3v) is 4.87. The van der Waals surface area contributed by atoms with E-state index in [0.717, 1.165) is 34.4 Å². The number of hydrogen-bond acceptors (Lipinski definition) is 2. The van der Waals surface area contributed by atoms with Crippen molar-refractivity contribution in [3.8, 4) is 0 Å². The number of nitrogens with one attached hydrogen (secondary N) is 2. The Bertz CT molecular complexity index is 487. The highest BCUT2D eigenvalue weighted by Gasteiger charge is 2.22. The molecule has 0 bridgehead atoms. The second kappa shape index (κ2) is 7.41. The first-order valence-corrected chi connectivity index (χ1v) is 8.54. The standard InChI is InChI=1S/C17H25BrN2O/c1-11(14-5-4-6-19-10-14)9-16(21)20-17-12(2)7-15(18)8-13(17)3/h7-8,11,14,19H,4-6,9-10H2,1-3H3,(H,20,21). The summed E-state index contributed by atoms with van der Waals surface area (Å²) in [5.74, 6) is 1.17. The molecule has 2 atom stereocenters. The minimum Gasteiger partial charge on any atom is -0.326 e. The van der Waals surface area contributed by atoms with Crippen LogP contribution in [0.2, 0.25) is 0 Å². The molecule has 2 N–H and O–H groups in total. The summed E-state index contributed by atoms with van der Waals surface area (Å²) in [6.07, 6.45) is 3.06. The summed E-state index contributed by atoms with van der Waals surface area (Å²) in [6.45, 7) is 8.42. The molecule has 116 valence electrons. The Morgan fingerprint density at radius 3 is 2.67 bits per heavy atom. The summed E-state index contributed by atoms with van der Waals surface area (Å²) < 4.78 is 1.05. The van der Waals surface area contributed by atoms with Gasteiger partial charge in [0.25, 0.3) is 0 Å². The number of halogens is 1. The van der Waals surface area contributed by atoms with Gasteiger partial charge in [0.15, 0.2) is 0 Å². The van der Waals surface area contributed by atoms with E-state index in [4.69, 9.17) is 0 Å². The van der Waals surface area contributed by atoms with E-state index in [2.05, 4.69) is 33.5 Å². The Morgan fingerprint density at radius 1 is 1.43 bits per heavy atom. The zero-order valence-electron chi connectivity index (χ0n) is 13.1. The second-order valence-electron chi connectivity index (χ2n) is 6.25. The van der Waals surface area contributed by atoms with Gasteiger partial charge in [-0.2, -0.15) is 0 Å². The molecule has 0 aliphatic carbocycles. The van der Waals surface area contributed by atoms with Crippen LogP contribution in [0, 0.1) is 25.7 Å². The first-order valence-electron chi connectivity index (χ1n) is 7.74. The van der Waals surface area contributed by atoms with E-state index in [1.807, 2.05) is 26.0 Å². The minimum atomic E-state index is 0.126. The number of amides is 1. The number of anilines is 1. The molecular weight excluding hydrogens is 328 g/mol. The molecule has 1 aromatic rings. The normalized spacial score (nSPS) is 20.1. The number of carbonyl (C=O) groups is 1. The Morgan fingerprint density at radius 2 is 2.10 bits per heavy atom. The van der Waals surface area contributed by atoms with Gasteiger partial charge < -0.3 is 10.6 Å². The molecule has 1 aromatic carbocycles. The van der Waals surface area contributed by atoms with Crippen molar-refractivity contribution in [1.82, 2.24) is 5.32 Å². The molecule has 0 saturated carbocycles. The number of aryl methyl sites for hydroxylation is 2. The summed E-state index contributed by atoms with van der Waals surface area (Å²) in [5.41, 5.74) is 3.15. The molecule has 1 aliphatic rings. The van der Waals surface area contributed by atoms with Gasteiger partial charge in [-0.05, 0) is 74.9 Å². The van der Waals surface area contributed by atoms with Gasteiger partial charge in [0.05, 0.1) is 0 Å². The molecule has 1 amide bonds. The lowest BCUT2D eigenvalue weighted by Crippen LogP contribution is -2.34. The lowest BCUT2D eigenvalue weighted by Gasteiger charge is -2.28. The molecule has 1 heterocycles. The first-order chi connectivity index (χ1) is 9.97. The Balaban J connectivity index is 1.95. The smallest absolute Gasteiger partial charge is 0.224 e. The van der Waals surface area contributed by atoms with Crippen LogP contribution >= 0.6 is 15.9 Å². The maximum atomic E-state index is 12.3. The quantitative estimate of drug-likeness (QED) is 0.858. The van der Waals surface area contributed by atoms with E-state index in [0.29, 0.717) is 18.3 Å². The molecule has 1 fully saturated rings. The van der Waals surface area contributed by atoms with Gasteiger partial charge >= 0.3 is 0 Å². The number of benzene rings is 1. The summed E-state index contributed by atoms with van der Waals surface area (Å²) in [5, 5.41) is 6.52. The topological polar surface area (TPSA) is 41.1 Å². The van der Waals surface area contributed by atoms with Gasteiger partial charge in [-0.15, -0.1) is 0 Å². The zero-order chi connectivity index (χ0) is 15.4. The average molecular weight is 353 g/mol. The Labute approximate surface area is 136 Å². The molecule has 1 aliphatic heterocycles. The number of rotatable bonds is 4. The van der Waals surface area contributed by atoms with E-state index in [9.17, 15) is 4.79 Å². The number of hydrogen-bond donors (Lipinski definition) is 2. The third kappa shape index (κ3) is 4.55. The Hall–Kier alpha value is -0.870. The fraction of sp³-hybridized carbons (Fsp3) is 0.588. The van der Waals surface area contributed by atoms with Crippen molar-refractivity contribution in [2.45, 2.75) is 40.0 Å². The van der Waals surface area contributed by atoms with Crippen LogP contribution in [-0.2, 0) is 4.79 Å². The van der Waals surface area contributed by atoms with Gasteiger partial charge in [0.2, 0.25) is 5.91 Å². The molecule has 2 unspecified atom stereocenters. The van der Waals surface area contributed by atoms with Crippen molar-refractivity contribution in [2.75, 3.05) is 18.4 Å². The van der Waals surface area contributed by atoms with Crippen molar-refractivity contribution in [3.05, 3.63) is 27.7 Å². The summed E-state index contributed by atoms with van der Waals surface area (Å²) >= 11 is 3.49. The van der Waals surface area contributed by atoms with Gasteiger partial charge in [0, 0.05) is 16.6 Å². The van der Waals surface area contributed by atoms with Gasteiger partial charge in [-0.3, -0.25) is 4.79 Å². The summed E-state index contributed by atoms with van der Waals surface area (Å²) in [6, 6.07) is 4.08. The molecule has 0 aromatic heterocycles. The first kappa shape index (κ1) is 16.5. The van der Waals surface area contributed by atoms with Crippen LogP contribution in [0.25, 0.3) is 0 Å². The number of piperidine rings is 1. The van der Waals surface area contributed by atoms with Crippen LogP contribution in [0.15, 0.2) is 16.6 Å². The number of carbonyl (C=O) groups excluding carboxylic acids is 1. The van der Waals surface area contributed by atoms with Crippen LogP contribution in [0.3, 0.4) is 0 Å². The zero-order valence-corrected chi connectivity index (χ0v) is 14.7. The van der Waals surface area contributed by atoms with Gasteiger partial charge in [-0.25, -0.2) is 0 Å². The van der Waals surface area contributed by atoms with Crippen molar-refractivity contribution < 1.29 is 4.79 Å². The van der Waals surface area contributed by atoms with Crippen molar-refractivity contribution in [3.63, 3.8) is 0 Å². The highest BCUT2D eigenvalue weighted by molar-refractivity contribution is 9.10. The van der Waals surface area contributed by atoms with Crippen LogP contribution in [0.1, 0.15) is 37.3 Å². The third-order valence-electron chi connectivity index (χ3n) is 4.41. The van der Waals surface area contributed by atoms with Crippen LogP contribution in [0.5, 0.6) is 0 Å². The van der Waals surface area contributed by atoms with Crippen LogP contribution < -0.4 is 10.6 Å². The van der Waals surface area contributed by atoms with E-state index < -0.39 is 0 Å². The monoisotopic (exact) mass is 352 g/mol. The second-order valence-corrected chi connectivity index (χ2v) is 7.17. The van der Waals surface area contributed by atoms with Crippen molar-refractivity contribution >= 4 is 27.5 Å². The van der Waals surface area contributed by atoms with E-state index in [1.165, 1.54) is 12.8 Å². The lowest BCUT2D eigenvalue weighted by molar-refractivity contribution is -0.117. The largest absolute Gasteiger partial charge is 0.326 e. The Kier molecular flexibility index (Phi) is 5.82. The van der Waals surface area contributed by atoms with Crippen LogP contribution in [0.4, 0.5) is 5.69 Å². The molecule has 1 saturated heterocycles. The maximum absolute atomic E-state index is 12.3. The molecule has 0 radical (unpaired) electrons.